The third-order valence-corrected chi connectivity index (χ3v) is 6.46. The van der Waals surface area contributed by atoms with Crippen LogP contribution in [0.4, 0.5) is 17.3 Å². The fourth-order valence-electron chi connectivity index (χ4n) is 2.76. The average molecular weight is 367 g/mol. The minimum Gasteiger partial charge on any atom is -0.355 e. The van der Waals surface area contributed by atoms with Crippen LogP contribution in [0.15, 0.2) is 30.6 Å². The predicted molar refractivity (Wildman–Crippen MR) is 97.0 cm³/mol. The van der Waals surface area contributed by atoms with E-state index in [-0.39, 0.29) is 17.5 Å². The summed E-state index contributed by atoms with van der Waals surface area (Å²) < 4.78 is 23.3. The van der Waals surface area contributed by atoms with Crippen molar-refractivity contribution in [2.75, 3.05) is 28.8 Å². The van der Waals surface area contributed by atoms with Crippen molar-refractivity contribution in [3.05, 3.63) is 41.2 Å². The molecule has 1 aliphatic rings. The lowest BCUT2D eigenvalue weighted by atomic mass is 10.2. The second-order valence-corrected chi connectivity index (χ2v) is 8.60. The van der Waals surface area contributed by atoms with E-state index in [0.717, 1.165) is 11.3 Å². The standard InChI is InChI=1S/C16H19ClN4O2S/c1-11-13(17)4-3-5-14(11)20-15-8-16(19-10-18-15)21(2)12-6-7-24(22,23)9-12/h3-5,8,10,12H,6-7,9H2,1-2H3,(H,18,19,20). The first-order valence-corrected chi connectivity index (χ1v) is 9.83. The maximum atomic E-state index is 11.7. The first-order chi connectivity index (χ1) is 11.4. The Morgan fingerprint density at radius 3 is 2.83 bits per heavy atom. The van der Waals surface area contributed by atoms with Gasteiger partial charge in [-0.3, -0.25) is 0 Å². The average Bonchev–Trinajstić information content (AvgIpc) is 2.91. The molecule has 2 heterocycles. The summed E-state index contributed by atoms with van der Waals surface area (Å²) in [6.07, 6.45) is 2.09. The molecule has 0 bridgehead atoms. The minimum atomic E-state index is -2.93. The van der Waals surface area contributed by atoms with Crippen molar-refractivity contribution in [2.45, 2.75) is 19.4 Å². The van der Waals surface area contributed by atoms with Gasteiger partial charge in [-0.15, -0.1) is 0 Å². The van der Waals surface area contributed by atoms with E-state index < -0.39 is 9.84 Å². The van der Waals surface area contributed by atoms with Crippen LogP contribution in [0.2, 0.25) is 5.02 Å². The Kier molecular flexibility index (Phi) is 4.64. The Bertz CT molecular complexity index is 857. The summed E-state index contributed by atoms with van der Waals surface area (Å²) in [5, 5.41) is 3.92. The van der Waals surface area contributed by atoms with Crippen molar-refractivity contribution in [3.63, 3.8) is 0 Å². The van der Waals surface area contributed by atoms with Crippen LogP contribution in [0.25, 0.3) is 0 Å². The monoisotopic (exact) mass is 366 g/mol. The normalized spacial score (nSPS) is 19.2. The first-order valence-electron chi connectivity index (χ1n) is 7.63. The molecule has 0 aliphatic carbocycles. The molecule has 6 nitrogen and oxygen atoms in total. The highest BCUT2D eigenvalue weighted by atomic mass is 35.5. The van der Waals surface area contributed by atoms with Crippen LogP contribution in [0, 0.1) is 6.92 Å². The SMILES string of the molecule is Cc1c(Cl)cccc1Nc1cc(N(C)C2CCS(=O)(=O)C2)ncn1. The topological polar surface area (TPSA) is 75.2 Å². The van der Waals surface area contributed by atoms with Gasteiger partial charge < -0.3 is 10.2 Å². The van der Waals surface area contributed by atoms with Crippen LogP contribution >= 0.6 is 11.6 Å². The number of nitrogens with one attached hydrogen (secondary N) is 1. The van der Waals surface area contributed by atoms with Gasteiger partial charge in [-0.05, 0) is 31.0 Å². The molecular weight excluding hydrogens is 348 g/mol. The van der Waals surface area contributed by atoms with Gasteiger partial charge in [0.15, 0.2) is 9.84 Å². The Balaban J connectivity index is 1.80. The number of hydrogen-bond acceptors (Lipinski definition) is 6. The van der Waals surface area contributed by atoms with Gasteiger partial charge in [-0.25, -0.2) is 18.4 Å². The molecule has 0 saturated carbocycles. The van der Waals surface area contributed by atoms with Gasteiger partial charge in [0.1, 0.15) is 18.0 Å². The molecule has 1 unspecified atom stereocenters. The van der Waals surface area contributed by atoms with E-state index in [1.165, 1.54) is 6.33 Å². The number of nitrogens with zero attached hydrogens (tertiary/aromatic N) is 3. The van der Waals surface area contributed by atoms with E-state index in [4.69, 9.17) is 11.6 Å². The second-order valence-electron chi connectivity index (χ2n) is 5.97. The van der Waals surface area contributed by atoms with E-state index in [1.54, 1.807) is 0 Å². The summed E-state index contributed by atoms with van der Waals surface area (Å²) in [5.41, 5.74) is 1.81. The Morgan fingerprint density at radius 1 is 1.33 bits per heavy atom. The van der Waals surface area contributed by atoms with E-state index >= 15 is 0 Å². The summed E-state index contributed by atoms with van der Waals surface area (Å²) in [7, 11) is -1.07. The third kappa shape index (κ3) is 3.62. The highest BCUT2D eigenvalue weighted by Crippen LogP contribution is 2.27. The molecule has 3 rings (SSSR count). The van der Waals surface area contributed by atoms with Gasteiger partial charge >= 0.3 is 0 Å². The largest absolute Gasteiger partial charge is 0.355 e. The van der Waals surface area contributed by atoms with E-state index in [2.05, 4.69) is 15.3 Å². The summed E-state index contributed by atoms with van der Waals surface area (Å²) in [5.74, 6) is 1.73. The van der Waals surface area contributed by atoms with Gasteiger partial charge in [-0.2, -0.15) is 0 Å². The second kappa shape index (κ2) is 6.57. The summed E-state index contributed by atoms with van der Waals surface area (Å²) >= 11 is 6.14. The van der Waals surface area contributed by atoms with E-state index in [9.17, 15) is 8.42 Å². The van der Waals surface area contributed by atoms with Crippen LogP contribution in [-0.4, -0.2) is 43.0 Å². The molecule has 1 fully saturated rings. The maximum absolute atomic E-state index is 11.7. The fourth-order valence-corrected chi connectivity index (χ4v) is 4.71. The molecule has 24 heavy (non-hydrogen) atoms. The Labute approximate surface area is 146 Å². The van der Waals surface area contributed by atoms with Crippen molar-refractivity contribution in [1.82, 2.24) is 9.97 Å². The Hall–Kier alpha value is -1.86. The highest BCUT2D eigenvalue weighted by molar-refractivity contribution is 7.91. The maximum Gasteiger partial charge on any atom is 0.152 e. The molecule has 0 amide bonds. The molecule has 0 spiro atoms. The van der Waals surface area contributed by atoms with E-state index in [0.29, 0.717) is 23.1 Å². The zero-order chi connectivity index (χ0) is 17.3. The van der Waals surface area contributed by atoms with Crippen molar-refractivity contribution in [2.24, 2.45) is 0 Å². The molecule has 1 saturated heterocycles. The predicted octanol–water partition coefficient (Wildman–Crippen LogP) is 2.81. The van der Waals surface area contributed by atoms with Crippen LogP contribution in [0.3, 0.4) is 0 Å². The van der Waals surface area contributed by atoms with Crippen molar-refractivity contribution in [3.8, 4) is 0 Å². The number of anilines is 3. The van der Waals surface area contributed by atoms with Crippen molar-refractivity contribution >= 4 is 38.8 Å². The number of rotatable bonds is 4. The van der Waals surface area contributed by atoms with Crippen molar-refractivity contribution in [1.29, 1.82) is 0 Å². The molecule has 2 aromatic rings. The lowest BCUT2D eigenvalue weighted by Gasteiger charge is -2.24. The summed E-state index contributed by atoms with van der Waals surface area (Å²) in [6.45, 7) is 1.93. The number of sulfone groups is 1. The summed E-state index contributed by atoms with van der Waals surface area (Å²) in [4.78, 5) is 10.4. The molecule has 1 aromatic carbocycles. The van der Waals surface area contributed by atoms with Gasteiger partial charge in [0.25, 0.3) is 0 Å². The molecule has 128 valence electrons. The third-order valence-electron chi connectivity index (χ3n) is 4.30. The van der Waals surface area contributed by atoms with Crippen LogP contribution < -0.4 is 10.2 Å². The lowest BCUT2D eigenvalue weighted by Crippen LogP contribution is -2.33. The zero-order valence-electron chi connectivity index (χ0n) is 13.5. The quantitative estimate of drug-likeness (QED) is 0.896. The van der Waals surface area contributed by atoms with Crippen LogP contribution in [0.5, 0.6) is 0 Å². The lowest BCUT2D eigenvalue weighted by molar-refractivity contribution is 0.600. The first kappa shape index (κ1) is 17.0. The van der Waals surface area contributed by atoms with Gasteiger partial charge in [0.2, 0.25) is 0 Å². The molecule has 1 aliphatic heterocycles. The van der Waals surface area contributed by atoms with E-state index in [1.807, 2.05) is 43.1 Å². The molecule has 0 radical (unpaired) electrons. The minimum absolute atomic E-state index is 0.0503. The highest BCUT2D eigenvalue weighted by Gasteiger charge is 2.31. The van der Waals surface area contributed by atoms with Crippen LogP contribution in [0.1, 0.15) is 12.0 Å². The fraction of sp³-hybridized carbons (Fsp3) is 0.375. The smallest absolute Gasteiger partial charge is 0.152 e. The van der Waals surface area contributed by atoms with Crippen molar-refractivity contribution < 1.29 is 8.42 Å². The van der Waals surface area contributed by atoms with Crippen LogP contribution in [-0.2, 0) is 9.84 Å². The van der Waals surface area contributed by atoms with Gasteiger partial charge in [0.05, 0.1) is 11.5 Å². The molecular formula is C16H19ClN4O2S. The zero-order valence-corrected chi connectivity index (χ0v) is 15.1. The van der Waals surface area contributed by atoms with Gasteiger partial charge in [-0.1, -0.05) is 17.7 Å². The Morgan fingerprint density at radius 2 is 2.12 bits per heavy atom. The molecule has 8 heteroatoms. The molecule has 1 atom stereocenters. The molecule has 1 N–H and O–H groups in total. The number of halogens is 1. The summed E-state index contributed by atoms with van der Waals surface area (Å²) in [6, 6.07) is 7.39. The number of aromatic nitrogens is 2. The molecule has 1 aromatic heterocycles. The number of hydrogen-bond donors (Lipinski definition) is 1. The van der Waals surface area contributed by atoms with Gasteiger partial charge in [0, 0.05) is 29.9 Å². The number of benzene rings is 1.